The van der Waals surface area contributed by atoms with Gasteiger partial charge in [-0.05, 0) is 24.1 Å². The minimum atomic E-state index is -0.248. The summed E-state index contributed by atoms with van der Waals surface area (Å²) in [7, 11) is 3.11. The van der Waals surface area contributed by atoms with E-state index in [0.29, 0.717) is 61.2 Å². The summed E-state index contributed by atoms with van der Waals surface area (Å²) in [6.45, 7) is 4.73. The molecule has 146 valence electrons. The predicted molar refractivity (Wildman–Crippen MR) is 100 cm³/mol. The van der Waals surface area contributed by atoms with Crippen LogP contribution in [-0.4, -0.2) is 68.7 Å². The summed E-state index contributed by atoms with van der Waals surface area (Å²) in [4.78, 5) is 29.6. The van der Waals surface area contributed by atoms with Crippen molar-refractivity contribution in [1.82, 2.24) is 9.80 Å². The predicted octanol–water partition coefficient (Wildman–Crippen LogP) is 1.92. The molecule has 1 aromatic rings. The Bertz CT molecular complexity index is 753. The van der Waals surface area contributed by atoms with Gasteiger partial charge < -0.3 is 19.1 Å². The van der Waals surface area contributed by atoms with Gasteiger partial charge in [0.25, 0.3) is 11.8 Å². The van der Waals surface area contributed by atoms with Gasteiger partial charge in [0.15, 0.2) is 11.5 Å². The first-order chi connectivity index (χ1) is 13.1. The highest BCUT2D eigenvalue weighted by Gasteiger charge is 2.41. The second-order valence-electron chi connectivity index (χ2n) is 6.51. The Morgan fingerprint density at radius 2 is 1.74 bits per heavy atom. The van der Waals surface area contributed by atoms with Crippen LogP contribution in [0.2, 0.25) is 0 Å². The van der Waals surface area contributed by atoms with Crippen LogP contribution in [0.1, 0.15) is 25.3 Å². The lowest BCUT2D eigenvalue weighted by Gasteiger charge is -2.29. The monoisotopic (exact) mass is 374 g/mol. The van der Waals surface area contributed by atoms with Crippen molar-refractivity contribution in [2.45, 2.75) is 19.8 Å². The van der Waals surface area contributed by atoms with Gasteiger partial charge in [-0.15, -0.1) is 0 Å². The standard InChI is InChI=1S/C20H26N2O5/c1-4-5-8-22-19(23)17(14-6-7-15(25-2)16(13-14)26-3)18(20(22)24)21-9-11-27-12-10-21/h6-7,13H,4-5,8-12H2,1-3H3. The third-order valence-electron chi connectivity index (χ3n) is 4.88. The van der Waals surface area contributed by atoms with E-state index in [4.69, 9.17) is 14.2 Å². The van der Waals surface area contributed by atoms with Crippen LogP contribution in [0.3, 0.4) is 0 Å². The molecule has 0 aliphatic carbocycles. The van der Waals surface area contributed by atoms with Crippen LogP contribution >= 0.6 is 0 Å². The molecular weight excluding hydrogens is 348 g/mol. The van der Waals surface area contributed by atoms with Crippen molar-refractivity contribution in [3.8, 4) is 11.5 Å². The van der Waals surface area contributed by atoms with Gasteiger partial charge in [0.05, 0.1) is 33.0 Å². The largest absolute Gasteiger partial charge is 0.493 e. The van der Waals surface area contributed by atoms with Gasteiger partial charge >= 0.3 is 0 Å². The van der Waals surface area contributed by atoms with E-state index >= 15 is 0 Å². The van der Waals surface area contributed by atoms with E-state index in [0.717, 1.165) is 12.8 Å². The van der Waals surface area contributed by atoms with E-state index in [1.807, 2.05) is 11.8 Å². The lowest BCUT2D eigenvalue weighted by atomic mass is 10.0. The number of methoxy groups -OCH3 is 2. The van der Waals surface area contributed by atoms with E-state index in [9.17, 15) is 9.59 Å². The number of morpholine rings is 1. The molecular formula is C20H26N2O5. The number of carbonyl (C=O) groups excluding carboxylic acids is 2. The first kappa shape index (κ1) is 19.2. The minimum absolute atomic E-state index is 0.222. The number of nitrogens with zero attached hydrogens (tertiary/aromatic N) is 2. The van der Waals surface area contributed by atoms with E-state index in [2.05, 4.69) is 0 Å². The maximum atomic E-state index is 13.1. The molecule has 7 heteroatoms. The normalized spacial score (nSPS) is 17.7. The van der Waals surface area contributed by atoms with Gasteiger partial charge in [0.2, 0.25) is 0 Å². The summed E-state index contributed by atoms with van der Waals surface area (Å²) in [5.41, 5.74) is 1.55. The van der Waals surface area contributed by atoms with Crippen molar-refractivity contribution in [3.63, 3.8) is 0 Å². The molecule has 3 rings (SSSR count). The molecule has 1 saturated heterocycles. The topological polar surface area (TPSA) is 68.3 Å². The zero-order chi connectivity index (χ0) is 19.4. The van der Waals surface area contributed by atoms with Crippen LogP contribution < -0.4 is 9.47 Å². The van der Waals surface area contributed by atoms with Crippen molar-refractivity contribution in [1.29, 1.82) is 0 Å². The van der Waals surface area contributed by atoms with Crippen LogP contribution in [0, 0.1) is 0 Å². The van der Waals surface area contributed by atoms with E-state index in [-0.39, 0.29) is 11.8 Å². The number of imide groups is 1. The van der Waals surface area contributed by atoms with Gasteiger partial charge in [0.1, 0.15) is 5.70 Å². The summed E-state index contributed by atoms with van der Waals surface area (Å²) >= 11 is 0. The number of amides is 2. The molecule has 0 atom stereocenters. The van der Waals surface area contributed by atoms with Gasteiger partial charge in [-0.25, -0.2) is 0 Å². The summed E-state index contributed by atoms with van der Waals surface area (Å²) in [6.07, 6.45) is 1.70. The molecule has 0 bridgehead atoms. The molecule has 2 aliphatic heterocycles. The van der Waals surface area contributed by atoms with Crippen LogP contribution in [0.4, 0.5) is 0 Å². The average molecular weight is 374 g/mol. The quantitative estimate of drug-likeness (QED) is 0.679. The summed E-state index contributed by atoms with van der Waals surface area (Å²) in [5.74, 6) is 0.632. The molecule has 0 unspecified atom stereocenters. The lowest BCUT2D eigenvalue weighted by molar-refractivity contribution is -0.137. The maximum absolute atomic E-state index is 13.1. The van der Waals surface area contributed by atoms with Gasteiger partial charge in [-0.3, -0.25) is 14.5 Å². The summed E-state index contributed by atoms with van der Waals surface area (Å²) in [6, 6.07) is 5.30. The Kier molecular flexibility index (Phi) is 6.01. The Morgan fingerprint density at radius 3 is 2.37 bits per heavy atom. The Hall–Kier alpha value is -2.54. The van der Waals surface area contributed by atoms with Crippen molar-refractivity contribution in [2.75, 3.05) is 47.1 Å². The van der Waals surface area contributed by atoms with Crippen LogP contribution in [0.15, 0.2) is 23.9 Å². The van der Waals surface area contributed by atoms with Crippen LogP contribution in [-0.2, 0) is 14.3 Å². The van der Waals surface area contributed by atoms with Crippen LogP contribution in [0.25, 0.3) is 5.57 Å². The Morgan fingerprint density at radius 1 is 1.04 bits per heavy atom. The summed E-state index contributed by atoms with van der Waals surface area (Å²) < 4.78 is 16.1. The average Bonchev–Trinajstić information content (AvgIpc) is 2.96. The molecule has 0 saturated carbocycles. The number of hydrogen-bond acceptors (Lipinski definition) is 6. The van der Waals surface area contributed by atoms with E-state index in [1.165, 1.54) is 4.90 Å². The molecule has 2 heterocycles. The second kappa shape index (κ2) is 8.43. The molecule has 2 amide bonds. The molecule has 0 radical (unpaired) electrons. The Labute approximate surface area is 159 Å². The lowest BCUT2D eigenvalue weighted by Crippen LogP contribution is -2.40. The highest BCUT2D eigenvalue weighted by atomic mass is 16.5. The van der Waals surface area contributed by atoms with Gasteiger partial charge in [-0.1, -0.05) is 19.4 Å². The highest BCUT2D eigenvalue weighted by molar-refractivity contribution is 6.35. The number of unbranched alkanes of at least 4 members (excludes halogenated alkanes) is 1. The fraction of sp³-hybridized carbons (Fsp3) is 0.500. The number of hydrogen-bond donors (Lipinski definition) is 0. The summed E-state index contributed by atoms with van der Waals surface area (Å²) in [5, 5.41) is 0. The number of carbonyl (C=O) groups is 2. The number of benzene rings is 1. The van der Waals surface area contributed by atoms with Crippen molar-refractivity contribution >= 4 is 17.4 Å². The maximum Gasteiger partial charge on any atom is 0.277 e. The van der Waals surface area contributed by atoms with Crippen molar-refractivity contribution in [2.24, 2.45) is 0 Å². The molecule has 27 heavy (non-hydrogen) atoms. The molecule has 2 aliphatic rings. The van der Waals surface area contributed by atoms with Crippen LogP contribution in [0.5, 0.6) is 11.5 Å². The van der Waals surface area contributed by atoms with Gasteiger partial charge in [0, 0.05) is 19.6 Å². The Balaban J connectivity index is 2.06. The van der Waals surface area contributed by atoms with Crippen molar-refractivity contribution in [3.05, 3.63) is 29.5 Å². The van der Waals surface area contributed by atoms with E-state index in [1.54, 1.807) is 32.4 Å². The molecule has 0 spiro atoms. The van der Waals surface area contributed by atoms with Gasteiger partial charge in [-0.2, -0.15) is 0 Å². The molecule has 1 fully saturated rings. The van der Waals surface area contributed by atoms with Crippen molar-refractivity contribution < 1.29 is 23.8 Å². The zero-order valence-corrected chi connectivity index (χ0v) is 16.1. The molecule has 0 aromatic heterocycles. The number of ether oxygens (including phenoxy) is 3. The fourth-order valence-electron chi connectivity index (χ4n) is 3.41. The third-order valence-corrected chi connectivity index (χ3v) is 4.88. The number of rotatable bonds is 7. The first-order valence-corrected chi connectivity index (χ1v) is 9.27. The van der Waals surface area contributed by atoms with E-state index < -0.39 is 0 Å². The molecule has 0 N–H and O–H groups in total. The minimum Gasteiger partial charge on any atom is -0.493 e. The zero-order valence-electron chi connectivity index (χ0n) is 16.1. The fourth-order valence-corrected chi connectivity index (χ4v) is 3.41. The highest BCUT2D eigenvalue weighted by Crippen LogP contribution is 2.36. The first-order valence-electron chi connectivity index (χ1n) is 9.27. The second-order valence-corrected chi connectivity index (χ2v) is 6.51. The molecule has 1 aromatic carbocycles. The third kappa shape index (κ3) is 3.64. The SMILES string of the molecule is CCCCN1C(=O)C(c2ccc(OC)c(OC)c2)=C(N2CCOCC2)C1=O. The smallest absolute Gasteiger partial charge is 0.277 e. The molecule has 7 nitrogen and oxygen atoms in total.